The molecule has 28 heavy (non-hydrogen) atoms. The van der Waals surface area contributed by atoms with Gasteiger partial charge < -0.3 is 4.90 Å². The number of H-pyrrole nitrogens is 1. The van der Waals surface area contributed by atoms with Crippen molar-refractivity contribution in [1.29, 1.82) is 0 Å². The van der Waals surface area contributed by atoms with Crippen molar-refractivity contribution in [3.05, 3.63) is 39.6 Å². The van der Waals surface area contributed by atoms with Crippen LogP contribution >= 0.6 is 0 Å². The van der Waals surface area contributed by atoms with Gasteiger partial charge in [-0.15, -0.1) is 0 Å². The van der Waals surface area contributed by atoms with Crippen LogP contribution in [0.3, 0.4) is 0 Å². The lowest BCUT2D eigenvalue weighted by molar-refractivity contribution is 0.198. The highest BCUT2D eigenvalue weighted by atomic mass is 16.1. The van der Waals surface area contributed by atoms with Crippen molar-refractivity contribution in [1.82, 2.24) is 24.6 Å². The summed E-state index contributed by atoms with van der Waals surface area (Å²) in [6.07, 6.45) is 7.86. The second-order valence-electron chi connectivity index (χ2n) is 8.19. The van der Waals surface area contributed by atoms with Crippen LogP contribution in [-0.4, -0.2) is 50.8 Å². The molecule has 0 unspecified atom stereocenters. The van der Waals surface area contributed by atoms with Gasteiger partial charge in [0.15, 0.2) is 0 Å². The quantitative estimate of drug-likeness (QED) is 0.858. The average Bonchev–Trinajstić information content (AvgIpc) is 3.08. The first-order chi connectivity index (χ1) is 13.6. The zero-order valence-corrected chi connectivity index (χ0v) is 17.2. The second-order valence-corrected chi connectivity index (χ2v) is 8.19. The number of likely N-dealkylation sites (tertiary alicyclic amines) is 1. The minimum atomic E-state index is -0.0252. The van der Waals surface area contributed by atoms with E-state index in [4.69, 9.17) is 4.98 Å². The summed E-state index contributed by atoms with van der Waals surface area (Å²) in [4.78, 5) is 24.9. The molecule has 2 saturated heterocycles. The third-order valence-corrected chi connectivity index (χ3v) is 6.23. The van der Waals surface area contributed by atoms with Crippen LogP contribution in [0.15, 0.2) is 17.1 Å². The van der Waals surface area contributed by atoms with Crippen molar-refractivity contribution in [3.8, 4) is 0 Å². The van der Waals surface area contributed by atoms with Gasteiger partial charge in [-0.25, -0.2) is 4.98 Å². The van der Waals surface area contributed by atoms with Crippen molar-refractivity contribution in [2.24, 2.45) is 0 Å². The maximum absolute atomic E-state index is 12.3. The average molecular weight is 385 g/mol. The molecular formula is C21H32N6O. The number of aryl methyl sites for hydroxylation is 1. The van der Waals surface area contributed by atoms with Crippen LogP contribution in [0.1, 0.15) is 61.9 Å². The number of aromatic amines is 1. The summed E-state index contributed by atoms with van der Waals surface area (Å²) in [5.74, 6) is 1.08. The summed E-state index contributed by atoms with van der Waals surface area (Å²) in [6, 6.07) is 1.71. The predicted octanol–water partition coefficient (Wildman–Crippen LogP) is 2.66. The molecule has 2 aromatic heterocycles. The molecule has 1 atom stereocenters. The molecule has 2 aromatic rings. The Morgan fingerprint density at radius 3 is 2.75 bits per heavy atom. The molecule has 0 aliphatic carbocycles. The van der Waals surface area contributed by atoms with Gasteiger partial charge in [0.25, 0.3) is 5.56 Å². The molecule has 2 aliphatic rings. The first-order valence-electron chi connectivity index (χ1n) is 10.7. The number of nitrogens with one attached hydrogen (secondary N) is 1. The van der Waals surface area contributed by atoms with Crippen molar-refractivity contribution in [3.63, 3.8) is 0 Å². The van der Waals surface area contributed by atoms with Gasteiger partial charge in [0.05, 0.1) is 11.9 Å². The third-order valence-electron chi connectivity index (χ3n) is 6.23. The van der Waals surface area contributed by atoms with Gasteiger partial charge >= 0.3 is 0 Å². The first-order valence-corrected chi connectivity index (χ1v) is 10.7. The highest BCUT2D eigenvalue weighted by Gasteiger charge is 2.25. The summed E-state index contributed by atoms with van der Waals surface area (Å²) in [6.45, 7) is 10.1. The van der Waals surface area contributed by atoms with E-state index >= 15 is 0 Å². The minimum Gasteiger partial charge on any atom is -0.342 e. The SMILES string of the molecule is CCn1ncc(CN2CCC[C@H](c3cc(=O)[nH]c(N4CCCCC4)n3)C2)c1C. The van der Waals surface area contributed by atoms with E-state index in [9.17, 15) is 4.79 Å². The summed E-state index contributed by atoms with van der Waals surface area (Å²) >= 11 is 0. The predicted molar refractivity (Wildman–Crippen MR) is 111 cm³/mol. The van der Waals surface area contributed by atoms with E-state index in [2.05, 4.69) is 38.4 Å². The van der Waals surface area contributed by atoms with E-state index in [1.165, 1.54) is 30.5 Å². The zero-order chi connectivity index (χ0) is 19.5. The van der Waals surface area contributed by atoms with E-state index in [-0.39, 0.29) is 5.56 Å². The van der Waals surface area contributed by atoms with Crippen molar-refractivity contribution < 1.29 is 0 Å². The van der Waals surface area contributed by atoms with E-state index in [0.29, 0.717) is 5.92 Å². The summed E-state index contributed by atoms with van der Waals surface area (Å²) in [7, 11) is 0. The molecule has 1 N–H and O–H groups in total. The van der Waals surface area contributed by atoms with Gasteiger partial charge in [0.1, 0.15) is 0 Å². The van der Waals surface area contributed by atoms with Gasteiger partial charge in [-0.3, -0.25) is 19.4 Å². The second kappa shape index (κ2) is 8.47. The van der Waals surface area contributed by atoms with E-state index < -0.39 is 0 Å². The lowest BCUT2D eigenvalue weighted by atomic mass is 9.94. The molecule has 4 rings (SSSR count). The summed E-state index contributed by atoms with van der Waals surface area (Å²) in [5.41, 5.74) is 3.49. The molecule has 0 amide bonds. The van der Waals surface area contributed by atoms with Crippen molar-refractivity contribution in [2.45, 2.75) is 65.0 Å². The Bertz CT molecular complexity index is 851. The molecule has 4 heterocycles. The van der Waals surface area contributed by atoms with Gasteiger partial charge in [0, 0.05) is 56.0 Å². The number of hydrogen-bond acceptors (Lipinski definition) is 5. The molecule has 0 spiro atoms. The lowest BCUT2D eigenvalue weighted by Gasteiger charge is -2.33. The van der Waals surface area contributed by atoms with Crippen LogP contribution in [-0.2, 0) is 13.1 Å². The molecule has 152 valence electrons. The molecule has 2 aliphatic heterocycles. The molecule has 0 radical (unpaired) electrons. The fraction of sp³-hybridized carbons (Fsp3) is 0.667. The van der Waals surface area contributed by atoms with Crippen LogP contribution in [0.4, 0.5) is 5.95 Å². The fourth-order valence-corrected chi connectivity index (χ4v) is 4.57. The highest BCUT2D eigenvalue weighted by molar-refractivity contribution is 5.31. The Balaban J connectivity index is 1.48. The highest BCUT2D eigenvalue weighted by Crippen LogP contribution is 2.27. The Morgan fingerprint density at radius 2 is 2.00 bits per heavy atom. The molecule has 0 saturated carbocycles. The van der Waals surface area contributed by atoms with Crippen LogP contribution in [0.2, 0.25) is 0 Å². The van der Waals surface area contributed by atoms with E-state index in [1.54, 1.807) is 6.07 Å². The monoisotopic (exact) mass is 384 g/mol. The number of piperidine rings is 2. The van der Waals surface area contributed by atoms with Crippen LogP contribution in [0.5, 0.6) is 0 Å². The lowest BCUT2D eigenvalue weighted by Crippen LogP contribution is -2.36. The largest absolute Gasteiger partial charge is 0.342 e. The standard InChI is InChI=1S/C21H32N6O/c1-3-27-16(2)18(13-22-27)15-25-9-7-8-17(14-25)19-12-20(28)24-21(23-19)26-10-5-4-6-11-26/h12-13,17H,3-11,14-15H2,1-2H3,(H,23,24,28)/t17-/m0/s1. The normalized spacial score (nSPS) is 21.2. The van der Waals surface area contributed by atoms with Gasteiger partial charge in [0.2, 0.25) is 5.95 Å². The molecule has 0 bridgehead atoms. The first kappa shape index (κ1) is 19.2. The Morgan fingerprint density at radius 1 is 1.18 bits per heavy atom. The molecule has 7 heteroatoms. The number of nitrogens with zero attached hydrogens (tertiary/aromatic N) is 5. The topological polar surface area (TPSA) is 70.1 Å². The summed E-state index contributed by atoms with van der Waals surface area (Å²) < 4.78 is 2.06. The van der Waals surface area contributed by atoms with Gasteiger partial charge in [-0.2, -0.15) is 5.10 Å². The minimum absolute atomic E-state index is 0.0252. The van der Waals surface area contributed by atoms with Crippen LogP contribution in [0, 0.1) is 6.92 Å². The zero-order valence-electron chi connectivity index (χ0n) is 17.2. The van der Waals surface area contributed by atoms with Crippen LogP contribution < -0.4 is 10.5 Å². The molecule has 0 aromatic carbocycles. The van der Waals surface area contributed by atoms with Crippen LogP contribution in [0.25, 0.3) is 0 Å². The molecule has 2 fully saturated rings. The fourth-order valence-electron chi connectivity index (χ4n) is 4.57. The van der Waals surface area contributed by atoms with Crippen molar-refractivity contribution in [2.75, 3.05) is 31.1 Å². The van der Waals surface area contributed by atoms with Crippen molar-refractivity contribution >= 4 is 5.95 Å². The summed E-state index contributed by atoms with van der Waals surface area (Å²) in [5, 5.41) is 4.48. The Kier molecular flexibility index (Phi) is 5.80. The van der Waals surface area contributed by atoms with Gasteiger partial charge in [-0.05, 0) is 52.5 Å². The number of rotatable bonds is 5. The number of hydrogen-bond donors (Lipinski definition) is 1. The van der Waals surface area contributed by atoms with E-state index in [0.717, 1.165) is 63.8 Å². The Hall–Kier alpha value is -2.15. The number of anilines is 1. The number of aromatic nitrogens is 4. The maximum atomic E-state index is 12.3. The maximum Gasteiger partial charge on any atom is 0.252 e. The third kappa shape index (κ3) is 4.14. The van der Waals surface area contributed by atoms with Gasteiger partial charge in [-0.1, -0.05) is 0 Å². The molecule has 7 nitrogen and oxygen atoms in total. The smallest absolute Gasteiger partial charge is 0.252 e. The molecular weight excluding hydrogens is 352 g/mol. The van der Waals surface area contributed by atoms with E-state index in [1.807, 2.05) is 6.20 Å². The Labute approximate surface area is 166 Å².